The fourth-order valence-corrected chi connectivity index (χ4v) is 5.04. The molecule has 1 aliphatic rings. The van der Waals surface area contributed by atoms with Crippen LogP contribution >= 0.6 is 0 Å². The minimum atomic E-state index is -0.742. The SMILES string of the molecule is CC(C)(C)c1c(C(O)CN2CCC(=C(c3ccccc3)c3ccccc3)CC2)ccc(O)c1O. The normalized spacial score (nSPS) is 15.8. The molecule has 0 saturated carbocycles. The summed E-state index contributed by atoms with van der Waals surface area (Å²) in [7, 11) is 0. The van der Waals surface area contributed by atoms with Crippen molar-refractivity contribution in [3.63, 3.8) is 0 Å². The number of phenolic OH excluding ortho intramolecular Hbond substituents is 2. The number of rotatable bonds is 5. The summed E-state index contributed by atoms with van der Waals surface area (Å²) in [5.74, 6) is -0.286. The maximum atomic E-state index is 11.1. The van der Waals surface area contributed by atoms with E-state index in [0.29, 0.717) is 17.7 Å². The molecule has 0 spiro atoms. The summed E-state index contributed by atoms with van der Waals surface area (Å²) in [6, 6.07) is 24.4. The molecule has 1 saturated heterocycles. The van der Waals surface area contributed by atoms with Gasteiger partial charge in [-0.1, -0.05) is 93.1 Å². The second-order valence-electron chi connectivity index (χ2n) is 10.2. The van der Waals surface area contributed by atoms with Crippen LogP contribution in [0.5, 0.6) is 11.5 Å². The number of aliphatic hydroxyl groups is 1. The smallest absolute Gasteiger partial charge is 0.161 e. The molecule has 1 heterocycles. The summed E-state index contributed by atoms with van der Waals surface area (Å²) in [4.78, 5) is 2.29. The summed E-state index contributed by atoms with van der Waals surface area (Å²) in [6.45, 7) is 8.15. The van der Waals surface area contributed by atoms with Gasteiger partial charge in [-0.05, 0) is 46.6 Å². The topological polar surface area (TPSA) is 63.9 Å². The van der Waals surface area contributed by atoms with Crippen LogP contribution in [0, 0.1) is 0 Å². The van der Waals surface area contributed by atoms with Crippen molar-refractivity contribution in [2.45, 2.75) is 45.1 Å². The first-order valence-electron chi connectivity index (χ1n) is 12.0. The number of aliphatic hydroxyl groups excluding tert-OH is 1. The summed E-state index contributed by atoms with van der Waals surface area (Å²) < 4.78 is 0. The van der Waals surface area contributed by atoms with Crippen molar-refractivity contribution in [2.75, 3.05) is 19.6 Å². The standard InChI is InChI=1S/C30H35NO3/c1-30(2,3)28-24(14-15-25(32)29(28)34)26(33)20-31-18-16-23(17-19-31)27(21-10-6-4-7-11-21)22-12-8-5-9-13-22/h4-15,26,32-34H,16-20H2,1-3H3. The Bertz CT molecular complexity index is 1100. The van der Waals surface area contributed by atoms with Crippen LogP contribution < -0.4 is 0 Å². The lowest BCUT2D eigenvalue weighted by Crippen LogP contribution is -2.35. The Morgan fingerprint density at radius 3 is 1.85 bits per heavy atom. The van der Waals surface area contributed by atoms with Crippen molar-refractivity contribution in [1.82, 2.24) is 4.90 Å². The minimum absolute atomic E-state index is 0.136. The predicted molar refractivity (Wildman–Crippen MR) is 138 cm³/mol. The number of benzene rings is 3. The lowest BCUT2D eigenvalue weighted by Gasteiger charge is -2.33. The van der Waals surface area contributed by atoms with Crippen LogP contribution in [-0.4, -0.2) is 39.9 Å². The van der Waals surface area contributed by atoms with Crippen LogP contribution in [0.15, 0.2) is 78.4 Å². The van der Waals surface area contributed by atoms with E-state index in [0.717, 1.165) is 25.9 Å². The number of hydrogen-bond acceptors (Lipinski definition) is 4. The first-order chi connectivity index (χ1) is 16.3. The highest BCUT2D eigenvalue weighted by molar-refractivity contribution is 5.82. The zero-order valence-corrected chi connectivity index (χ0v) is 20.3. The van der Waals surface area contributed by atoms with E-state index in [2.05, 4.69) is 53.4 Å². The molecule has 0 bridgehead atoms. The molecule has 0 radical (unpaired) electrons. The maximum Gasteiger partial charge on any atom is 0.161 e. The van der Waals surface area contributed by atoms with Gasteiger partial charge in [0.25, 0.3) is 0 Å². The summed E-state index contributed by atoms with van der Waals surface area (Å²) in [5.41, 5.74) is 6.13. The highest BCUT2D eigenvalue weighted by Gasteiger charge is 2.29. The van der Waals surface area contributed by atoms with Crippen LogP contribution in [-0.2, 0) is 5.41 Å². The Labute approximate surface area is 202 Å². The molecular weight excluding hydrogens is 422 g/mol. The van der Waals surface area contributed by atoms with E-state index in [9.17, 15) is 15.3 Å². The van der Waals surface area contributed by atoms with Crippen LogP contribution in [0.4, 0.5) is 0 Å². The van der Waals surface area contributed by atoms with Crippen molar-refractivity contribution in [3.8, 4) is 11.5 Å². The van der Waals surface area contributed by atoms with E-state index in [1.807, 2.05) is 32.9 Å². The molecular formula is C30H35NO3. The molecule has 1 atom stereocenters. The molecule has 4 rings (SSSR count). The fraction of sp³-hybridized carbons (Fsp3) is 0.333. The van der Waals surface area contributed by atoms with Crippen LogP contribution in [0.2, 0.25) is 0 Å². The average Bonchev–Trinajstić information content (AvgIpc) is 2.82. The number of aromatic hydroxyl groups is 2. The Morgan fingerprint density at radius 1 is 0.824 bits per heavy atom. The number of nitrogens with zero attached hydrogens (tertiary/aromatic N) is 1. The van der Waals surface area contributed by atoms with Gasteiger partial charge in [-0.25, -0.2) is 0 Å². The molecule has 1 unspecified atom stereocenters. The molecule has 1 fully saturated rings. The van der Waals surface area contributed by atoms with Gasteiger partial charge in [0.05, 0.1) is 6.10 Å². The zero-order valence-electron chi connectivity index (χ0n) is 20.3. The Morgan fingerprint density at radius 2 is 1.35 bits per heavy atom. The maximum absolute atomic E-state index is 11.1. The molecule has 4 nitrogen and oxygen atoms in total. The number of likely N-dealkylation sites (tertiary alicyclic amines) is 1. The van der Waals surface area contributed by atoms with E-state index in [4.69, 9.17) is 0 Å². The van der Waals surface area contributed by atoms with Crippen LogP contribution in [0.25, 0.3) is 5.57 Å². The lowest BCUT2D eigenvalue weighted by atomic mass is 9.81. The van der Waals surface area contributed by atoms with Crippen molar-refractivity contribution < 1.29 is 15.3 Å². The Hall–Kier alpha value is -3.08. The van der Waals surface area contributed by atoms with Crippen molar-refractivity contribution >= 4 is 5.57 Å². The summed E-state index contributed by atoms with van der Waals surface area (Å²) >= 11 is 0. The second-order valence-corrected chi connectivity index (χ2v) is 10.2. The third-order valence-corrected chi connectivity index (χ3v) is 6.67. The zero-order chi connectivity index (χ0) is 24.3. The molecule has 3 aromatic rings. The number of hydrogen-bond donors (Lipinski definition) is 3. The molecule has 34 heavy (non-hydrogen) atoms. The van der Waals surface area contributed by atoms with E-state index < -0.39 is 11.5 Å². The molecule has 0 aromatic heterocycles. The molecule has 1 aliphatic heterocycles. The van der Waals surface area contributed by atoms with Crippen molar-refractivity contribution in [2.24, 2.45) is 0 Å². The van der Waals surface area contributed by atoms with Crippen LogP contribution in [0.3, 0.4) is 0 Å². The van der Waals surface area contributed by atoms with Crippen LogP contribution in [0.1, 0.15) is 62.0 Å². The van der Waals surface area contributed by atoms with Gasteiger partial charge in [0.2, 0.25) is 0 Å². The van der Waals surface area contributed by atoms with Gasteiger partial charge in [0.15, 0.2) is 11.5 Å². The van der Waals surface area contributed by atoms with Gasteiger partial charge in [-0.3, -0.25) is 4.90 Å². The van der Waals surface area contributed by atoms with Gasteiger partial charge in [-0.15, -0.1) is 0 Å². The third kappa shape index (κ3) is 5.19. The van der Waals surface area contributed by atoms with Gasteiger partial charge in [0.1, 0.15) is 0 Å². The van der Waals surface area contributed by atoms with Crippen molar-refractivity contribution in [1.29, 1.82) is 0 Å². The first kappa shape index (κ1) is 24.1. The summed E-state index contributed by atoms with van der Waals surface area (Å²) in [5, 5.41) is 31.6. The third-order valence-electron chi connectivity index (χ3n) is 6.67. The van der Waals surface area contributed by atoms with Gasteiger partial charge >= 0.3 is 0 Å². The lowest BCUT2D eigenvalue weighted by molar-refractivity contribution is 0.107. The highest BCUT2D eigenvalue weighted by atomic mass is 16.3. The molecule has 0 amide bonds. The largest absolute Gasteiger partial charge is 0.504 e. The first-order valence-corrected chi connectivity index (χ1v) is 12.0. The monoisotopic (exact) mass is 457 g/mol. The average molecular weight is 458 g/mol. The van der Waals surface area contributed by atoms with Gasteiger partial charge < -0.3 is 15.3 Å². The molecule has 0 aliphatic carbocycles. The summed E-state index contributed by atoms with van der Waals surface area (Å²) in [6.07, 6.45) is 1.14. The molecule has 3 N–H and O–H groups in total. The minimum Gasteiger partial charge on any atom is -0.504 e. The van der Waals surface area contributed by atoms with E-state index in [1.54, 1.807) is 6.07 Å². The quantitative estimate of drug-likeness (QED) is 0.410. The highest BCUT2D eigenvalue weighted by Crippen LogP contribution is 2.42. The fourth-order valence-electron chi connectivity index (χ4n) is 5.04. The molecule has 4 heteroatoms. The Kier molecular flexibility index (Phi) is 7.11. The Balaban J connectivity index is 1.54. The van der Waals surface area contributed by atoms with E-state index in [-0.39, 0.29) is 11.5 Å². The van der Waals surface area contributed by atoms with Gasteiger partial charge in [0, 0.05) is 25.2 Å². The van der Waals surface area contributed by atoms with E-state index >= 15 is 0 Å². The number of phenols is 2. The van der Waals surface area contributed by atoms with Crippen molar-refractivity contribution in [3.05, 3.63) is 101 Å². The van der Waals surface area contributed by atoms with Gasteiger partial charge in [-0.2, -0.15) is 0 Å². The predicted octanol–water partition coefficient (Wildman–Crippen LogP) is 6.03. The van der Waals surface area contributed by atoms with E-state index in [1.165, 1.54) is 28.3 Å². The molecule has 178 valence electrons. The second kappa shape index (κ2) is 10.0. The number of piperidine rings is 1. The number of β-amino-alcohol motifs (C(OH)–C–C–N with tert-alkyl or cyclic N) is 1. The molecule has 3 aromatic carbocycles.